The molecule has 7 heteroatoms. The fourth-order valence-corrected chi connectivity index (χ4v) is 7.01. The number of para-hydroxylation sites is 1. The fourth-order valence-electron chi connectivity index (χ4n) is 7.01. The summed E-state index contributed by atoms with van der Waals surface area (Å²) < 4.78 is 0. The lowest BCUT2D eigenvalue weighted by molar-refractivity contribution is -0.948. The molecule has 1 unspecified atom stereocenters. The minimum atomic E-state index is -1.06. The number of carbonyl (C=O) groups excluding carboxylic acids is 4. The van der Waals surface area contributed by atoms with Gasteiger partial charge in [0.1, 0.15) is 17.9 Å². The molecule has 1 spiro atoms. The van der Waals surface area contributed by atoms with Crippen LogP contribution in [0.4, 0.5) is 11.4 Å². The Labute approximate surface area is 191 Å². The van der Waals surface area contributed by atoms with E-state index in [9.17, 15) is 19.2 Å². The van der Waals surface area contributed by atoms with Gasteiger partial charge in [0.15, 0.2) is 5.78 Å². The van der Waals surface area contributed by atoms with Crippen molar-refractivity contribution < 1.29 is 24.1 Å². The highest BCUT2D eigenvalue weighted by molar-refractivity contribution is 6.25. The van der Waals surface area contributed by atoms with Crippen LogP contribution in [0.15, 0.2) is 48.5 Å². The quantitative estimate of drug-likeness (QED) is 0.572. The Morgan fingerprint density at radius 3 is 2.48 bits per heavy atom. The summed E-state index contributed by atoms with van der Waals surface area (Å²) in [5.74, 6) is -1.89. The zero-order chi connectivity index (χ0) is 23.1. The van der Waals surface area contributed by atoms with Crippen molar-refractivity contribution in [1.29, 1.82) is 0 Å². The summed E-state index contributed by atoms with van der Waals surface area (Å²) in [4.78, 5) is 57.7. The van der Waals surface area contributed by atoms with E-state index in [0.29, 0.717) is 17.8 Å². The number of amides is 3. The summed E-state index contributed by atoms with van der Waals surface area (Å²) >= 11 is 0. The molecule has 4 aliphatic heterocycles. The first-order valence-electron chi connectivity index (χ1n) is 11.7. The second-order valence-electron chi connectivity index (χ2n) is 9.52. The van der Waals surface area contributed by atoms with E-state index < -0.39 is 17.4 Å². The molecule has 1 N–H and O–H groups in total. The predicted octanol–water partition coefficient (Wildman–Crippen LogP) is 1.32. The molecule has 33 heavy (non-hydrogen) atoms. The third kappa shape index (κ3) is 2.33. The van der Waals surface area contributed by atoms with E-state index in [-0.39, 0.29) is 29.5 Å². The van der Waals surface area contributed by atoms with Gasteiger partial charge in [-0.05, 0) is 44.2 Å². The van der Waals surface area contributed by atoms with E-state index in [0.717, 1.165) is 35.5 Å². The number of hydrogen-bond donors (Lipinski definition) is 1. The number of benzene rings is 2. The highest BCUT2D eigenvalue weighted by Crippen LogP contribution is 2.53. The van der Waals surface area contributed by atoms with Gasteiger partial charge in [-0.15, -0.1) is 0 Å². The molecule has 0 bridgehead atoms. The Morgan fingerprint density at radius 2 is 1.79 bits per heavy atom. The van der Waals surface area contributed by atoms with Crippen molar-refractivity contribution in [3.63, 3.8) is 0 Å². The van der Waals surface area contributed by atoms with Crippen molar-refractivity contribution in [2.75, 3.05) is 22.9 Å². The summed E-state index contributed by atoms with van der Waals surface area (Å²) in [6.07, 6.45) is 1.76. The van der Waals surface area contributed by atoms with Crippen LogP contribution in [0.1, 0.15) is 42.6 Å². The number of anilines is 2. The maximum absolute atomic E-state index is 14.1. The van der Waals surface area contributed by atoms with Gasteiger partial charge in [-0.25, -0.2) is 4.90 Å². The molecule has 3 amide bonds. The van der Waals surface area contributed by atoms with E-state index in [2.05, 4.69) is 0 Å². The molecular weight excluding hydrogens is 418 g/mol. The van der Waals surface area contributed by atoms with Crippen LogP contribution in [0.5, 0.6) is 0 Å². The predicted molar refractivity (Wildman–Crippen MR) is 121 cm³/mol. The Kier molecular flexibility index (Phi) is 4.21. The zero-order valence-corrected chi connectivity index (χ0v) is 18.7. The average molecular weight is 445 g/mol. The fraction of sp³-hybridized carbons (Fsp3) is 0.385. The summed E-state index contributed by atoms with van der Waals surface area (Å²) in [7, 11) is 0. The minimum absolute atomic E-state index is 0.0539. The third-order valence-electron chi connectivity index (χ3n) is 8.22. The number of nitrogens with one attached hydrogen (secondary N) is 1. The van der Waals surface area contributed by atoms with E-state index in [4.69, 9.17) is 0 Å². The van der Waals surface area contributed by atoms with E-state index in [1.165, 1.54) is 11.8 Å². The van der Waals surface area contributed by atoms with Gasteiger partial charge < -0.3 is 9.80 Å². The first kappa shape index (κ1) is 20.3. The molecule has 0 aliphatic carbocycles. The maximum Gasteiger partial charge on any atom is 0.294 e. The number of nitrogens with zero attached hydrogens (tertiary/aromatic N) is 2. The van der Waals surface area contributed by atoms with Crippen LogP contribution < -0.4 is 14.7 Å². The third-order valence-corrected chi connectivity index (χ3v) is 8.22. The van der Waals surface area contributed by atoms with Crippen LogP contribution >= 0.6 is 0 Å². The summed E-state index contributed by atoms with van der Waals surface area (Å²) in [5, 5.41) is 0. The molecule has 6 rings (SSSR count). The maximum atomic E-state index is 14.1. The highest BCUT2D eigenvalue weighted by atomic mass is 16.2. The number of likely N-dealkylation sites (N-methyl/N-ethyl adjacent to an activating group) is 1. The van der Waals surface area contributed by atoms with Crippen LogP contribution in [0.25, 0.3) is 0 Å². The molecule has 2 aromatic rings. The molecule has 4 heterocycles. The largest absolute Gasteiger partial charge is 0.315 e. The lowest BCUT2D eigenvalue weighted by Crippen LogP contribution is -3.20. The first-order chi connectivity index (χ1) is 15.9. The second-order valence-corrected chi connectivity index (χ2v) is 9.52. The van der Waals surface area contributed by atoms with Crippen molar-refractivity contribution in [3.8, 4) is 0 Å². The number of hydrogen-bond acceptors (Lipinski definition) is 4. The summed E-state index contributed by atoms with van der Waals surface area (Å²) in [6, 6.07) is 14.3. The topological polar surface area (TPSA) is 79.2 Å². The van der Waals surface area contributed by atoms with Gasteiger partial charge in [0.05, 0.1) is 17.9 Å². The standard InChI is InChI=1S/C26H25N3O4/c1-3-27-19-8-5-4-7-18(19)26(25(27)33)22-21(20-9-6-14-28(20)26)23(31)29(24(22)32)17-12-10-16(11-13-17)15(2)30/h4-5,7-8,10-13,20-22H,3,6,9,14H2,1-2H3/p+1/t20-,21+,22-,26-/m0/s1. The van der Waals surface area contributed by atoms with Gasteiger partial charge in [-0.3, -0.25) is 19.2 Å². The van der Waals surface area contributed by atoms with Gasteiger partial charge in [0, 0.05) is 30.5 Å². The van der Waals surface area contributed by atoms with Crippen LogP contribution in [0.3, 0.4) is 0 Å². The molecule has 4 aliphatic rings. The highest BCUT2D eigenvalue weighted by Gasteiger charge is 2.79. The lowest BCUT2D eigenvalue weighted by Gasteiger charge is -2.34. The summed E-state index contributed by atoms with van der Waals surface area (Å²) in [6.45, 7) is 4.73. The summed E-state index contributed by atoms with van der Waals surface area (Å²) in [5.41, 5.74) is 1.67. The number of imide groups is 1. The number of fused-ring (bicyclic) bond motifs is 7. The van der Waals surface area contributed by atoms with Gasteiger partial charge in [0.2, 0.25) is 17.4 Å². The normalized spacial score (nSPS) is 32.0. The van der Waals surface area contributed by atoms with Crippen molar-refractivity contribution in [2.24, 2.45) is 11.8 Å². The van der Waals surface area contributed by atoms with Crippen molar-refractivity contribution >= 4 is 34.9 Å². The van der Waals surface area contributed by atoms with Gasteiger partial charge in [0.25, 0.3) is 5.91 Å². The van der Waals surface area contributed by atoms with Crippen LogP contribution in [-0.4, -0.2) is 42.6 Å². The molecule has 0 aromatic heterocycles. The number of ketones is 1. The van der Waals surface area contributed by atoms with Gasteiger partial charge in [-0.1, -0.05) is 18.2 Å². The molecule has 0 saturated carbocycles. The van der Waals surface area contributed by atoms with Gasteiger partial charge in [-0.2, -0.15) is 0 Å². The molecule has 168 valence electrons. The van der Waals surface area contributed by atoms with E-state index >= 15 is 0 Å². The Bertz CT molecular complexity index is 1220. The van der Waals surface area contributed by atoms with Crippen LogP contribution in [-0.2, 0) is 19.9 Å². The molecule has 3 fully saturated rings. The SMILES string of the molecule is CCN1C(=O)[C@]2(c3ccccc31)[C@@H]1C(=O)N(c3ccc(C(C)=O)cc3)C(=O)[C@@H]1[C@@H]1CCC[NH+]12. The van der Waals surface area contributed by atoms with Crippen molar-refractivity contribution in [3.05, 3.63) is 59.7 Å². The lowest BCUT2D eigenvalue weighted by atomic mass is 9.75. The monoisotopic (exact) mass is 444 g/mol. The first-order valence-corrected chi connectivity index (χ1v) is 11.7. The van der Waals surface area contributed by atoms with E-state index in [1.54, 1.807) is 29.2 Å². The van der Waals surface area contributed by atoms with Crippen LogP contribution in [0, 0.1) is 11.8 Å². The molecule has 3 saturated heterocycles. The van der Waals surface area contributed by atoms with Crippen LogP contribution in [0.2, 0.25) is 0 Å². The molecular formula is C26H26N3O4+. The molecule has 5 atom stereocenters. The Balaban J connectivity index is 1.52. The number of Topliss-reactive ketones (excluding diaryl/α,β-unsaturated/α-hetero) is 1. The molecule has 7 nitrogen and oxygen atoms in total. The Hall–Kier alpha value is -3.32. The van der Waals surface area contributed by atoms with Crippen molar-refractivity contribution in [2.45, 2.75) is 38.3 Å². The smallest absolute Gasteiger partial charge is 0.294 e. The van der Waals surface area contributed by atoms with Gasteiger partial charge >= 0.3 is 0 Å². The number of quaternary nitrogens is 1. The number of rotatable bonds is 3. The second kappa shape index (κ2) is 6.84. The average Bonchev–Trinajstić information content (AvgIpc) is 3.51. The zero-order valence-electron chi connectivity index (χ0n) is 18.7. The number of carbonyl (C=O) groups is 4. The van der Waals surface area contributed by atoms with Crippen molar-refractivity contribution in [1.82, 2.24) is 0 Å². The Morgan fingerprint density at radius 1 is 1.06 bits per heavy atom. The molecule has 0 radical (unpaired) electrons. The minimum Gasteiger partial charge on any atom is -0.315 e. The molecule has 2 aromatic carbocycles. The van der Waals surface area contributed by atoms with E-state index in [1.807, 2.05) is 31.2 Å².